The number of ether oxygens (including phenoxy) is 2. The van der Waals surface area contributed by atoms with Crippen molar-refractivity contribution in [3.05, 3.63) is 44.1 Å². The Bertz CT molecular complexity index is 598. The first-order valence-corrected chi connectivity index (χ1v) is 8.02. The van der Waals surface area contributed by atoms with Crippen LogP contribution in [0.15, 0.2) is 23.6 Å². The van der Waals surface area contributed by atoms with Crippen molar-refractivity contribution in [2.75, 3.05) is 13.7 Å². The summed E-state index contributed by atoms with van der Waals surface area (Å²) in [6.45, 7) is 2.41. The zero-order valence-electron chi connectivity index (χ0n) is 11.0. The van der Waals surface area contributed by atoms with Crippen LogP contribution in [0.4, 0.5) is 0 Å². The summed E-state index contributed by atoms with van der Waals surface area (Å²) in [5.74, 6) is 1.31. The Balaban J connectivity index is 2.40. The SMILES string of the molecule is CCOc1cc(Cl)c(C(Cl)c2sccc2OC)cc1Cl. The molecule has 0 radical (unpaired) electrons. The molecule has 0 N–H and O–H groups in total. The molecule has 2 nitrogen and oxygen atoms in total. The second-order valence-corrected chi connectivity index (χ2v) is 6.15. The van der Waals surface area contributed by atoms with Gasteiger partial charge in [-0.05, 0) is 30.0 Å². The van der Waals surface area contributed by atoms with E-state index in [0.717, 1.165) is 16.2 Å². The van der Waals surface area contributed by atoms with Crippen LogP contribution < -0.4 is 9.47 Å². The topological polar surface area (TPSA) is 18.5 Å². The minimum atomic E-state index is -0.411. The first kappa shape index (κ1) is 15.8. The Hall–Kier alpha value is -0.610. The molecule has 2 aromatic rings. The first-order valence-electron chi connectivity index (χ1n) is 5.95. The predicted molar refractivity (Wildman–Crippen MR) is 86.2 cm³/mol. The summed E-state index contributed by atoms with van der Waals surface area (Å²) >= 11 is 20.5. The van der Waals surface area contributed by atoms with Gasteiger partial charge in [0.2, 0.25) is 0 Å². The molecule has 6 heteroatoms. The quantitative estimate of drug-likeness (QED) is 0.635. The molecule has 1 heterocycles. The molecule has 1 unspecified atom stereocenters. The van der Waals surface area contributed by atoms with Crippen molar-refractivity contribution in [1.29, 1.82) is 0 Å². The molecule has 1 atom stereocenters. The fourth-order valence-electron chi connectivity index (χ4n) is 1.81. The summed E-state index contributed by atoms with van der Waals surface area (Å²) in [5, 5.41) is 2.53. The van der Waals surface area contributed by atoms with E-state index in [4.69, 9.17) is 44.3 Å². The van der Waals surface area contributed by atoms with E-state index in [-0.39, 0.29) is 0 Å². The van der Waals surface area contributed by atoms with Gasteiger partial charge in [-0.25, -0.2) is 0 Å². The van der Waals surface area contributed by atoms with Crippen LogP contribution in [0.25, 0.3) is 0 Å². The minimum absolute atomic E-state index is 0.411. The van der Waals surface area contributed by atoms with Crippen LogP contribution in [-0.4, -0.2) is 13.7 Å². The lowest BCUT2D eigenvalue weighted by molar-refractivity contribution is 0.340. The van der Waals surface area contributed by atoms with E-state index in [9.17, 15) is 0 Å². The maximum absolute atomic E-state index is 6.51. The summed E-state index contributed by atoms with van der Waals surface area (Å²) in [6, 6.07) is 5.31. The van der Waals surface area contributed by atoms with Crippen LogP contribution in [0.2, 0.25) is 10.0 Å². The third kappa shape index (κ3) is 3.17. The lowest BCUT2D eigenvalue weighted by atomic mass is 10.1. The maximum Gasteiger partial charge on any atom is 0.139 e. The lowest BCUT2D eigenvalue weighted by Crippen LogP contribution is -1.98. The van der Waals surface area contributed by atoms with Crippen LogP contribution in [0.3, 0.4) is 0 Å². The molecule has 0 amide bonds. The van der Waals surface area contributed by atoms with Crippen molar-refractivity contribution in [3.63, 3.8) is 0 Å². The van der Waals surface area contributed by atoms with Crippen molar-refractivity contribution in [2.45, 2.75) is 12.3 Å². The highest BCUT2D eigenvalue weighted by atomic mass is 35.5. The molecule has 0 spiro atoms. The number of benzene rings is 1. The van der Waals surface area contributed by atoms with Gasteiger partial charge >= 0.3 is 0 Å². The predicted octanol–water partition coefficient (Wildman–Crippen LogP) is 5.79. The van der Waals surface area contributed by atoms with Gasteiger partial charge in [-0.1, -0.05) is 23.2 Å². The molecular formula is C14H13Cl3O2S. The Morgan fingerprint density at radius 3 is 2.60 bits per heavy atom. The normalized spacial score (nSPS) is 12.2. The van der Waals surface area contributed by atoms with E-state index < -0.39 is 5.38 Å². The Labute approximate surface area is 137 Å². The number of alkyl halides is 1. The second kappa shape index (κ2) is 6.90. The summed E-state index contributed by atoms with van der Waals surface area (Å²) in [6.07, 6.45) is 0. The van der Waals surface area contributed by atoms with Gasteiger partial charge in [0.15, 0.2) is 0 Å². The van der Waals surface area contributed by atoms with E-state index in [1.165, 1.54) is 11.3 Å². The highest BCUT2D eigenvalue weighted by Gasteiger charge is 2.21. The van der Waals surface area contributed by atoms with Crippen molar-refractivity contribution in [3.8, 4) is 11.5 Å². The molecule has 0 saturated carbocycles. The molecule has 0 fully saturated rings. The number of halogens is 3. The lowest BCUT2D eigenvalue weighted by Gasteiger charge is -2.14. The number of hydrogen-bond donors (Lipinski definition) is 0. The van der Waals surface area contributed by atoms with E-state index >= 15 is 0 Å². The fraction of sp³-hybridized carbons (Fsp3) is 0.286. The molecule has 0 aliphatic heterocycles. The average molecular weight is 352 g/mol. The van der Waals surface area contributed by atoms with E-state index in [1.54, 1.807) is 19.2 Å². The standard InChI is InChI=1S/C14H13Cl3O2S/c1-3-19-12-7-9(15)8(6-10(12)16)13(17)14-11(18-2)4-5-20-14/h4-7,13H,3H2,1-2H3. The van der Waals surface area contributed by atoms with Crippen LogP contribution in [-0.2, 0) is 0 Å². The first-order chi connectivity index (χ1) is 9.58. The summed E-state index contributed by atoms with van der Waals surface area (Å²) in [7, 11) is 1.61. The van der Waals surface area contributed by atoms with Gasteiger partial charge in [-0.2, -0.15) is 0 Å². The molecule has 108 valence electrons. The van der Waals surface area contributed by atoms with E-state index in [0.29, 0.717) is 22.4 Å². The molecule has 20 heavy (non-hydrogen) atoms. The fourth-order valence-corrected chi connectivity index (χ4v) is 3.65. The molecular weight excluding hydrogens is 339 g/mol. The second-order valence-electron chi connectivity index (χ2n) is 3.95. The smallest absolute Gasteiger partial charge is 0.139 e. The van der Waals surface area contributed by atoms with Crippen molar-refractivity contribution in [1.82, 2.24) is 0 Å². The number of thiophene rings is 1. The minimum Gasteiger partial charge on any atom is -0.496 e. The van der Waals surface area contributed by atoms with Gasteiger partial charge < -0.3 is 9.47 Å². The van der Waals surface area contributed by atoms with Crippen molar-refractivity contribution in [2.24, 2.45) is 0 Å². The van der Waals surface area contributed by atoms with Gasteiger partial charge in [0, 0.05) is 11.1 Å². The molecule has 1 aromatic heterocycles. The van der Waals surface area contributed by atoms with Crippen LogP contribution in [0.1, 0.15) is 22.7 Å². The van der Waals surface area contributed by atoms with Gasteiger partial charge in [-0.3, -0.25) is 0 Å². The highest BCUT2D eigenvalue weighted by molar-refractivity contribution is 7.10. The van der Waals surface area contributed by atoms with Crippen LogP contribution in [0, 0.1) is 0 Å². The van der Waals surface area contributed by atoms with Crippen LogP contribution >= 0.6 is 46.1 Å². The van der Waals surface area contributed by atoms with Gasteiger partial charge in [0.25, 0.3) is 0 Å². The van der Waals surface area contributed by atoms with E-state index in [2.05, 4.69) is 0 Å². The van der Waals surface area contributed by atoms with Gasteiger partial charge in [0.1, 0.15) is 11.5 Å². The molecule has 0 aliphatic carbocycles. The highest BCUT2D eigenvalue weighted by Crippen LogP contribution is 2.43. The molecule has 2 rings (SSSR count). The molecule has 0 bridgehead atoms. The van der Waals surface area contributed by atoms with E-state index in [1.807, 2.05) is 18.4 Å². The third-order valence-corrected chi connectivity index (χ3v) is 4.90. The van der Waals surface area contributed by atoms with Gasteiger partial charge in [0.05, 0.1) is 29.0 Å². The largest absolute Gasteiger partial charge is 0.496 e. The number of rotatable bonds is 5. The summed E-state index contributed by atoms with van der Waals surface area (Å²) in [5.41, 5.74) is 0.738. The van der Waals surface area contributed by atoms with Gasteiger partial charge in [-0.15, -0.1) is 22.9 Å². The molecule has 1 aromatic carbocycles. The molecule has 0 saturated heterocycles. The zero-order chi connectivity index (χ0) is 14.7. The van der Waals surface area contributed by atoms with Crippen LogP contribution in [0.5, 0.6) is 11.5 Å². The average Bonchev–Trinajstić information content (AvgIpc) is 2.90. The monoisotopic (exact) mass is 350 g/mol. The third-order valence-electron chi connectivity index (χ3n) is 2.73. The summed E-state index contributed by atoms with van der Waals surface area (Å²) < 4.78 is 10.7. The number of methoxy groups -OCH3 is 1. The Morgan fingerprint density at radius 2 is 1.95 bits per heavy atom. The Kier molecular flexibility index (Phi) is 5.44. The summed E-state index contributed by atoms with van der Waals surface area (Å²) in [4.78, 5) is 0.899. The number of hydrogen-bond acceptors (Lipinski definition) is 3. The zero-order valence-corrected chi connectivity index (χ0v) is 14.0. The molecule has 0 aliphatic rings. The van der Waals surface area contributed by atoms with Crippen molar-refractivity contribution < 1.29 is 9.47 Å². The van der Waals surface area contributed by atoms with Crippen molar-refractivity contribution >= 4 is 46.1 Å². The maximum atomic E-state index is 6.51. The Morgan fingerprint density at radius 1 is 1.20 bits per heavy atom.